The highest BCUT2D eigenvalue weighted by Gasteiger charge is 2.39. The Morgan fingerprint density at radius 3 is 1.81 bits per heavy atom. The fourth-order valence-corrected chi connectivity index (χ4v) is 4.53. The van der Waals surface area contributed by atoms with Crippen molar-refractivity contribution in [2.24, 2.45) is 11.3 Å². The number of carboxylic acid groups (broad SMARTS) is 2. The number of likely N-dealkylation sites (tertiary alicyclic amines) is 2. The van der Waals surface area contributed by atoms with Gasteiger partial charge < -0.3 is 19.6 Å². The van der Waals surface area contributed by atoms with Gasteiger partial charge in [0.25, 0.3) is 0 Å². The first-order chi connectivity index (χ1) is 16.9. The van der Waals surface area contributed by atoms with Crippen LogP contribution in [-0.2, 0) is 16.1 Å². The topological polar surface area (TPSA) is 107 Å². The predicted octanol–water partition coefficient (Wildman–Crippen LogP) is 4.89. The number of aromatic nitrogens is 1. The zero-order chi connectivity index (χ0) is 28.6. The largest absolute Gasteiger partial charge is 0.490 e. The molecular weight excluding hydrogens is 512 g/mol. The molecule has 0 saturated carbocycles. The molecule has 0 atom stereocenters. The Hall–Kier alpha value is -2.35. The molecule has 0 bridgehead atoms. The van der Waals surface area contributed by atoms with Gasteiger partial charge in [-0.2, -0.15) is 26.3 Å². The summed E-state index contributed by atoms with van der Waals surface area (Å²) in [6.07, 6.45) is -4.65. The lowest BCUT2D eigenvalue weighted by Crippen LogP contribution is -2.50. The van der Waals surface area contributed by atoms with Crippen LogP contribution in [0.2, 0.25) is 0 Å². The molecule has 1 spiro atoms. The van der Waals surface area contributed by atoms with Gasteiger partial charge in [0, 0.05) is 25.2 Å². The first kappa shape index (κ1) is 32.7. The minimum atomic E-state index is -5.08. The number of hydrogen-bond acceptors (Lipinski definition) is 6. The maximum Gasteiger partial charge on any atom is 0.490 e. The van der Waals surface area contributed by atoms with E-state index < -0.39 is 24.3 Å². The summed E-state index contributed by atoms with van der Waals surface area (Å²) in [5.74, 6) is -3.74. The molecule has 1 aromatic rings. The molecule has 0 radical (unpaired) electrons. The molecule has 1 aromatic heterocycles. The van der Waals surface area contributed by atoms with Crippen molar-refractivity contribution in [3.8, 4) is 0 Å². The molecule has 0 aromatic carbocycles. The zero-order valence-corrected chi connectivity index (χ0v) is 21.4. The average Bonchev–Trinajstić information content (AvgIpc) is 3.07. The SMILES string of the molecule is Cc1noc(C)c1CN1CCC2(CCCN(CC(C)C)C2)CC1.O=C(O)C(F)(F)F.O=C(O)C(F)(F)F. The maximum atomic E-state index is 10.6. The number of alkyl halides is 6. The van der Waals surface area contributed by atoms with E-state index in [4.69, 9.17) is 24.3 Å². The number of piperidine rings is 2. The van der Waals surface area contributed by atoms with Gasteiger partial charge in [-0.3, -0.25) is 4.90 Å². The fraction of sp³-hybridized carbons (Fsp3) is 0.783. The van der Waals surface area contributed by atoms with Crippen LogP contribution in [0.3, 0.4) is 0 Å². The molecule has 8 nitrogen and oxygen atoms in total. The molecule has 14 heteroatoms. The third kappa shape index (κ3) is 11.3. The molecular formula is C23H35F6N3O5. The van der Waals surface area contributed by atoms with Crippen molar-refractivity contribution in [1.29, 1.82) is 0 Å². The lowest BCUT2D eigenvalue weighted by molar-refractivity contribution is -0.193. The van der Waals surface area contributed by atoms with E-state index in [2.05, 4.69) is 35.7 Å². The number of carboxylic acids is 2. The normalized spacial score (nSPS) is 18.6. The molecule has 0 amide bonds. The Labute approximate surface area is 211 Å². The van der Waals surface area contributed by atoms with E-state index in [-0.39, 0.29) is 0 Å². The Morgan fingerprint density at radius 2 is 1.43 bits per heavy atom. The van der Waals surface area contributed by atoms with E-state index in [1.165, 1.54) is 64.0 Å². The van der Waals surface area contributed by atoms with Crippen LogP contribution in [0.15, 0.2) is 4.52 Å². The highest BCUT2D eigenvalue weighted by molar-refractivity contribution is 5.73. The van der Waals surface area contributed by atoms with E-state index in [9.17, 15) is 26.3 Å². The summed E-state index contributed by atoms with van der Waals surface area (Å²) in [7, 11) is 0. The van der Waals surface area contributed by atoms with Crippen molar-refractivity contribution in [3.05, 3.63) is 17.0 Å². The number of aryl methyl sites for hydroxylation is 2. The summed E-state index contributed by atoms with van der Waals surface area (Å²) in [5, 5.41) is 18.3. The molecule has 0 unspecified atom stereocenters. The van der Waals surface area contributed by atoms with Crippen LogP contribution in [0.5, 0.6) is 0 Å². The molecule has 3 heterocycles. The summed E-state index contributed by atoms with van der Waals surface area (Å²) in [5.41, 5.74) is 2.94. The highest BCUT2D eigenvalue weighted by atomic mass is 19.4. The monoisotopic (exact) mass is 547 g/mol. The molecule has 2 N–H and O–H groups in total. The van der Waals surface area contributed by atoms with E-state index in [1.54, 1.807) is 0 Å². The van der Waals surface area contributed by atoms with Crippen LogP contribution >= 0.6 is 0 Å². The average molecular weight is 548 g/mol. The second kappa shape index (κ2) is 13.4. The van der Waals surface area contributed by atoms with Crippen molar-refractivity contribution in [3.63, 3.8) is 0 Å². The van der Waals surface area contributed by atoms with Crippen LogP contribution in [0.4, 0.5) is 26.3 Å². The van der Waals surface area contributed by atoms with Crippen LogP contribution in [0.25, 0.3) is 0 Å². The third-order valence-corrected chi connectivity index (χ3v) is 6.33. The smallest absolute Gasteiger partial charge is 0.475 e. The molecule has 2 aliphatic rings. The van der Waals surface area contributed by atoms with Crippen LogP contribution in [0.1, 0.15) is 56.5 Å². The van der Waals surface area contributed by atoms with Crippen molar-refractivity contribution in [2.75, 3.05) is 32.7 Å². The van der Waals surface area contributed by atoms with E-state index in [0.29, 0.717) is 5.41 Å². The minimum absolute atomic E-state index is 0.586. The second-order valence-electron chi connectivity index (χ2n) is 9.92. The van der Waals surface area contributed by atoms with Gasteiger partial charge in [0.15, 0.2) is 0 Å². The first-order valence-electron chi connectivity index (χ1n) is 11.8. The van der Waals surface area contributed by atoms with Gasteiger partial charge in [0.05, 0.1) is 5.69 Å². The number of carbonyl (C=O) groups is 2. The van der Waals surface area contributed by atoms with E-state index in [1.807, 2.05) is 6.92 Å². The summed E-state index contributed by atoms with van der Waals surface area (Å²) < 4.78 is 68.8. The maximum absolute atomic E-state index is 10.6. The van der Waals surface area contributed by atoms with Crippen molar-refractivity contribution in [1.82, 2.24) is 15.0 Å². The molecule has 0 aliphatic carbocycles. The van der Waals surface area contributed by atoms with Crippen molar-refractivity contribution in [2.45, 2.75) is 72.3 Å². The number of hydrogen-bond donors (Lipinski definition) is 2. The van der Waals surface area contributed by atoms with Crippen LogP contribution in [-0.4, -0.2) is 82.2 Å². The molecule has 2 saturated heterocycles. The first-order valence-corrected chi connectivity index (χ1v) is 11.8. The summed E-state index contributed by atoms with van der Waals surface area (Å²) in [6.45, 7) is 16.1. The van der Waals surface area contributed by atoms with Crippen LogP contribution < -0.4 is 0 Å². The minimum Gasteiger partial charge on any atom is -0.475 e. The summed E-state index contributed by atoms with van der Waals surface area (Å²) in [6, 6.07) is 0. The number of rotatable bonds is 4. The van der Waals surface area contributed by atoms with Gasteiger partial charge in [-0.15, -0.1) is 0 Å². The Balaban J connectivity index is 0.000000404. The molecule has 3 rings (SSSR count). The molecule has 2 aliphatic heterocycles. The van der Waals surface area contributed by atoms with Gasteiger partial charge in [-0.1, -0.05) is 19.0 Å². The Morgan fingerprint density at radius 1 is 0.946 bits per heavy atom. The second-order valence-corrected chi connectivity index (χ2v) is 9.92. The Kier molecular flexibility index (Phi) is 11.9. The standard InChI is InChI=1S/C19H33N3O.2C2HF3O2/c1-15(2)12-22-9-5-6-19(14-22)7-10-21(11-8-19)13-18-16(3)20-23-17(18)4;2*3-2(4,5)1(6)7/h15H,5-14H2,1-4H3;2*(H,6,7). The van der Waals surface area contributed by atoms with Gasteiger partial charge in [-0.25, -0.2) is 9.59 Å². The summed E-state index contributed by atoms with van der Waals surface area (Å²) >= 11 is 0. The third-order valence-electron chi connectivity index (χ3n) is 6.33. The zero-order valence-electron chi connectivity index (χ0n) is 21.4. The Bertz CT molecular complexity index is 834. The van der Waals surface area contributed by atoms with Crippen molar-refractivity contribution < 1.29 is 50.7 Å². The fourth-order valence-electron chi connectivity index (χ4n) is 4.53. The predicted molar refractivity (Wildman–Crippen MR) is 121 cm³/mol. The van der Waals surface area contributed by atoms with E-state index >= 15 is 0 Å². The van der Waals surface area contributed by atoms with Gasteiger partial charge >= 0.3 is 24.3 Å². The van der Waals surface area contributed by atoms with Gasteiger partial charge in [0.1, 0.15) is 5.76 Å². The quantitative estimate of drug-likeness (QED) is 0.513. The number of nitrogens with zero attached hydrogens (tertiary/aromatic N) is 3. The van der Waals surface area contributed by atoms with Crippen molar-refractivity contribution >= 4 is 11.9 Å². The number of halogens is 6. The lowest BCUT2D eigenvalue weighted by atomic mass is 9.72. The van der Waals surface area contributed by atoms with Crippen LogP contribution in [0, 0.1) is 25.2 Å². The number of aliphatic carboxylic acids is 2. The van der Waals surface area contributed by atoms with Gasteiger partial charge in [-0.05, 0) is 70.5 Å². The lowest BCUT2D eigenvalue weighted by Gasteiger charge is -2.48. The molecule has 37 heavy (non-hydrogen) atoms. The van der Waals surface area contributed by atoms with E-state index in [0.717, 1.165) is 23.9 Å². The van der Waals surface area contributed by atoms with Gasteiger partial charge in [0.2, 0.25) is 0 Å². The highest BCUT2D eigenvalue weighted by Crippen LogP contribution is 2.40. The molecule has 2 fully saturated rings. The molecule has 214 valence electrons. The summed E-state index contributed by atoms with van der Waals surface area (Å²) in [4.78, 5) is 23.1.